The summed E-state index contributed by atoms with van der Waals surface area (Å²) in [6.07, 6.45) is 1.73. The second kappa shape index (κ2) is 8.34. The van der Waals surface area contributed by atoms with Gasteiger partial charge in [-0.15, -0.1) is 0 Å². The number of hydrogen-bond donors (Lipinski definition) is 0. The first-order valence-electron chi connectivity index (χ1n) is 10.4. The molecule has 6 heteroatoms. The van der Waals surface area contributed by atoms with Gasteiger partial charge < -0.3 is 14.2 Å². The van der Waals surface area contributed by atoms with Crippen molar-refractivity contribution in [1.82, 2.24) is 4.90 Å². The Morgan fingerprint density at radius 1 is 1.16 bits per heavy atom. The van der Waals surface area contributed by atoms with E-state index in [9.17, 15) is 4.79 Å². The van der Waals surface area contributed by atoms with E-state index in [0.717, 1.165) is 33.8 Å². The van der Waals surface area contributed by atoms with Gasteiger partial charge in [-0.3, -0.25) is 9.69 Å². The van der Waals surface area contributed by atoms with Crippen molar-refractivity contribution >= 4 is 23.5 Å². The van der Waals surface area contributed by atoms with Gasteiger partial charge in [0.2, 0.25) is 5.78 Å². The van der Waals surface area contributed by atoms with Gasteiger partial charge in [0.05, 0.1) is 18.2 Å². The van der Waals surface area contributed by atoms with E-state index in [4.69, 9.17) is 25.8 Å². The van der Waals surface area contributed by atoms with E-state index in [1.165, 1.54) is 0 Å². The number of aryl methyl sites for hydroxylation is 1. The molecule has 0 unspecified atom stereocenters. The number of allylic oxidation sites excluding steroid dienone is 1. The number of nitrogens with zero attached hydrogens (tertiary/aromatic N) is 1. The van der Waals surface area contributed by atoms with Crippen LogP contribution in [0.2, 0.25) is 5.02 Å². The quantitative estimate of drug-likeness (QED) is 0.485. The first-order valence-corrected chi connectivity index (χ1v) is 10.7. The van der Waals surface area contributed by atoms with Crippen molar-refractivity contribution in [2.75, 3.05) is 13.8 Å². The molecule has 5 rings (SSSR count). The van der Waals surface area contributed by atoms with Crippen LogP contribution in [-0.2, 0) is 13.1 Å². The highest BCUT2D eigenvalue weighted by atomic mass is 35.5. The number of carbonyl (C=O) groups is 1. The third-order valence-corrected chi connectivity index (χ3v) is 5.96. The zero-order chi connectivity index (χ0) is 22.2. The number of methoxy groups -OCH3 is 1. The molecular weight excluding hydrogens is 426 g/mol. The molecular formula is C26H22ClNO4. The SMILES string of the molecule is COc1ccccc1CN1COc2cc(C)c3c(c2C1)O/C(=C\c1cccc(Cl)c1)C3=O. The highest BCUT2D eigenvalue weighted by Crippen LogP contribution is 2.44. The summed E-state index contributed by atoms with van der Waals surface area (Å²) < 4.78 is 17.7. The Balaban J connectivity index is 1.47. The molecule has 0 amide bonds. The minimum atomic E-state index is -0.123. The largest absolute Gasteiger partial charge is 0.496 e. The van der Waals surface area contributed by atoms with Crippen molar-refractivity contribution in [3.05, 3.63) is 93.2 Å². The molecule has 3 aromatic rings. The van der Waals surface area contributed by atoms with Crippen LogP contribution in [0.3, 0.4) is 0 Å². The van der Waals surface area contributed by atoms with Gasteiger partial charge in [-0.25, -0.2) is 0 Å². The number of ketones is 1. The lowest BCUT2D eigenvalue weighted by Crippen LogP contribution is -2.32. The zero-order valence-corrected chi connectivity index (χ0v) is 18.6. The van der Waals surface area contributed by atoms with Crippen LogP contribution in [0.4, 0.5) is 0 Å². The van der Waals surface area contributed by atoms with E-state index < -0.39 is 0 Å². The van der Waals surface area contributed by atoms with E-state index in [1.54, 1.807) is 25.3 Å². The number of Topliss-reactive ketones (excluding diaryl/α,β-unsaturated/α-hetero) is 1. The molecule has 32 heavy (non-hydrogen) atoms. The monoisotopic (exact) mass is 447 g/mol. The normalized spacial score (nSPS) is 16.3. The summed E-state index contributed by atoms with van der Waals surface area (Å²) in [6, 6.07) is 17.2. The lowest BCUT2D eigenvalue weighted by molar-refractivity contribution is 0.0864. The van der Waals surface area contributed by atoms with Gasteiger partial charge in [0.25, 0.3) is 0 Å². The van der Waals surface area contributed by atoms with Crippen molar-refractivity contribution in [3.8, 4) is 17.2 Å². The van der Waals surface area contributed by atoms with Gasteiger partial charge >= 0.3 is 0 Å². The second-order valence-electron chi connectivity index (χ2n) is 7.94. The molecule has 0 bridgehead atoms. The van der Waals surface area contributed by atoms with Gasteiger partial charge in [0.15, 0.2) is 5.76 Å². The van der Waals surface area contributed by atoms with E-state index in [0.29, 0.717) is 41.9 Å². The van der Waals surface area contributed by atoms with E-state index in [1.807, 2.05) is 49.4 Å². The number of carbonyl (C=O) groups excluding carboxylic acids is 1. The Bertz CT molecular complexity index is 1250. The van der Waals surface area contributed by atoms with Crippen LogP contribution in [0.15, 0.2) is 60.4 Å². The Labute approximate surface area is 191 Å². The predicted molar refractivity (Wildman–Crippen MR) is 123 cm³/mol. The number of halogens is 1. The fourth-order valence-corrected chi connectivity index (χ4v) is 4.40. The van der Waals surface area contributed by atoms with Gasteiger partial charge in [-0.1, -0.05) is 41.9 Å². The summed E-state index contributed by atoms with van der Waals surface area (Å²) in [5.41, 5.74) is 4.21. The van der Waals surface area contributed by atoms with Crippen LogP contribution in [0.1, 0.15) is 32.6 Å². The van der Waals surface area contributed by atoms with Crippen molar-refractivity contribution in [2.45, 2.75) is 20.0 Å². The van der Waals surface area contributed by atoms with Crippen LogP contribution >= 0.6 is 11.6 Å². The van der Waals surface area contributed by atoms with Gasteiger partial charge in [0.1, 0.15) is 24.0 Å². The highest BCUT2D eigenvalue weighted by molar-refractivity contribution is 6.30. The van der Waals surface area contributed by atoms with E-state index >= 15 is 0 Å². The van der Waals surface area contributed by atoms with E-state index in [2.05, 4.69) is 4.90 Å². The Kier molecular flexibility index (Phi) is 5.37. The molecule has 0 saturated heterocycles. The average Bonchev–Trinajstić information content (AvgIpc) is 3.11. The van der Waals surface area contributed by atoms with Crippen molar-refractivity contribution in [1.29, 1.82) is 0 Å². The maximum absolute atomic E-state index is 13.2. The summed E-state index contributed by atoms with van der Waals surface area (Å²) in [5.74, 6) is 2.35. The summed E-state index contributed by atoms with van der Waals surface area (Å²) in [5, 5.41) is 0.608. The van der Waals surface area contributed by atoms with Crippen LogP contribution in [-0.4, -0.2) is 24.5 Å². The lowest BCUT2D eigenvalue weighted by Gasteiger charge is -2.30. The van der Waals surface area contributed by atoms with Crippen molar-refractivity contribution < 1.29 is 19.0 Å². The summed E-state index contributed by atoms with van der Waals surface area (Å²) in [4.78, 5) is 15.3. The Hall–Kier alpha value is -3.28. The molecule has 0 fully saturated rings. The number of hydrogen-bond acceptors (Lipinski definition) is 5. The highest BCUT2D eigenvalue weighted by Gasteiger charge is 2.35. The zero-order valence-electron chi connectivity index (χ0n) is 17.9. The second-order valence-corrected chi connectivity index (χ2v) is 8.38. The number of ether oxygens (including phenoxy) is 3. The third kappa shape index (κ3) is 3.74. The molecule has 5 nitrogen and oxygen atoms in total. The minimum Gasteiger partial charge on any atom is -0.496 e. The molecule has 0 N–H and O–H groups in total. The molecule has 3 aromatic carbocycles. The average molecular weight is 448 g/mol. The first-order chi connectivity index (χ1) is 15.5. The maximum Gasteiger partial charge on any atom is 0.232 e. The number of benzene rings is 3. The fourth-order valence-electron chi connectivity index (χ4n) is 4.20. The van der Waals surface area contributed by atoms with E-state index in [-0.39, 0.29) is 5.78 Å². The Morgan fingerprint density at radius 2 is 2.00 bits per heavy atom. The van der Waals surface area contributed by atoms with Crippen LogP contribution in [0.5, 0.6) is 17.2 Å². The molecule has 0 atom stereocenters. The molecule has 2 aliphatic heterocycles. The van der Waals surface area contributed by atoms with Gasteiger partial charge in [-0.05, 0) is 48.4 Å². The van der Waals surface area contributed by atoms with Crippen molar-refractivity contribution in [2.24, 2.45) is 0 Å². The molecule has 0 radical (unpaired) electrons. The molecule has 2 aliphatic rings. The molecule has 0 spiro atoms. The number of fused-ring (bicyclic) bond motifs is 3. The number of rotatable bonds is 4. The van der Waals surface area contributed by atoms with Crippen LogP contribution in [0, 0.1) is 6.92 Å². The smallest absolute Gasteiger partial charge is 0.232 e. The molecule has 0 aromatic heterocycles. The fraction of sp³-hybridized carbons (Fsp3) is 0.192. The summed E-state index contributed by atoms with van der Waals surface area (Å²) >= 11 is 6.09. The summed E-state index contributed by atoms with van der Waals surface area (Å²) in [7, 11) is 1.67. The van der Waals surface area contributed by atoms with Crippen molar-refractivity contribution in [3.63, 3.8) is 0 Å². The molecule has 162 valence electrons. The van der Waals surface area contributed by atoms with Crippen LogP contribution < -0.4 is 14.2 Å². The Morgan fingerprint density at radius 3 is 2.81 bits per heavy atom. The predicted octanol–water partition coefficient (Wildman–Crippen LogP) is 5.63. The third-order valence-electron chi connectivity index (χ3n) is 5.72. The first kappa shape index (κ1) is 20.6. The molecule has 0 saturated carbocycles. The number of para-hydroxylation sites is 1. The summed E-state index contributed by atoms with van der Waals surface area (Å²) in [6.45, 7) is 3.62. The topological polar surface area (TPSA) is 48.0 Å². The maximum atomic E-state index is 13.2. The molecule has 0 aliphatic carbocycles. The minimum absolute atomic E-state index is 0.123. The molecule has 2 heterocycles. The lowest BCUT2D eigenvalue weighted by atomic mass is 9.98. The van der Waals surface area contributed by atoms with Gasteiger partial charge in [0, 0.05) is 23.7 Å². The van der Waals surface area contributed by atoms with Gasteiger partial charge in [-0.2, -0.15) is 0 Å². The van der Waals surface area contributed by atoms with Crippen LogP contribution in [0.25, 0.3) is 6.08 Å². The standard InChI is InChI=1S/C26H22ClNO4/c1-16-10-22-20(14-28(15-31-22)13-18-7-3-4-9-21(18)30-2)26-24(16)25(29)23(32-26)12-17-6-5-8-19(27)11-17/h3-12H,13-15H2,1-2H3/b23-12-.